The molecular weight excluding hydrogens is 552 g/mol. The minimum atomic E-state index is -4.54. The third-order valence-corrected chi connectivity index (χ3v) is 9.08. The van der Waals surface area contributed by atoms with Gasteiger partial charge in [0.05, 0.1) is 25.3 Å². The zero-order valence-corrected chi connectivity index (χ0v) is 23.6. The van der Waals surface area contributed by atoms with Crippen molar-refractivity contribution in [3.05, 3.63) is 60.1 Å². The van der Waals surface area contributed by atoms with Gasteiger partial charge in [-0.15, -0.1) is 0 Å². The van der Waals surface area contributed by atoms with Crippen molar-refractivity contribution < 1.29 is 36.7 Å². The van der Waals surface area contributed by atoms with Gasteiger partial charge < -0.3 is 19.4 Å². The number of ketones is 1. The van der Waals surface area contributed by atoms with Crippen LogP contribution in [-0.4, -0.2) is 83.6 Å². The van der Waals surface area contributed by atoms with Crippen LogP contribution in [-0.2, 0) is 19.6 Å². The molecule has 5 rings (SSSR count). The van der Waals surface area contributed by atoms with Crippen molar-refractivity contribution in [3.8, 4) is 5.75 Å². The maximum absolute atomic E-state index is 13.8. The van der Waals surface area contributed by atoms with Crippen molar-refractivity contribution in [2.75, 3.05) is 20.2 Å². The van der Waals surface area contributed by atoms with Crippen LogP contribution in [0.1, 0.15) is 47.6 Å². The third kappa shape index (κ3) is 5.34. The number of hydrogen-bond donors (Lipinski definition) is 1. The molecule has 4 heterocycles. The van der Waals surface area contributed by atoms with Gasteiger partial charge in [-0.1, -0.05) is 13.8 Å². The Morgan fingerprint density at radius 1 is 1.20 bits per heavy atom. The average Bonchev–Trinajstić information content (AvgIpc) is 3.67. The second-order valence-corrected chi connectivity index (χ2v) is 12.3. The number of methoxy groups -OCH3 is 1. The monoisotopic (exact) mass is 582 g/mol. The molecule has 3 aromatic rings. The molecule has 1 N–H and O–H groups in total. The summed E-state index contributed by atoms with van der Waals surface area (Å²) in [6.45, 7) is 3.37. The normalized spacial score (nSPS) is 19.9. The highest BCUT2D eigenvalue weighted by Gasteiger charge is 2.55. The van der Waals surface area contributed by atoms with Gasteiger partial charge in [-0.2, -0.15) is 4.31 Å². The lowest BCUT2D eigenvalue weighted by Crippen LogP contribution is -2.53. The van der Waals surface area contributed by atoms with Crippen molar-refractivity contribution in [1.29, 1.82) is 0 Å². The predicted octanol–water partition coefficient (Wildman–Crippen LogP) is 2.01. The van der Waals surface area contributed by atoms with Crippen molar-refractivity contribution in [3.63, 3.8) is 0 Å². The van der Waals surface area contributed by atoms with Crippen LogP contribution in [0.5, 0.6) is 5.75 Å². The summed E-state index contributed by atoms with van der Waals surface area (Å²) in [5.74, 6) is -0.957. The van der Waals surface area contributed by atoms with E-state index in [1.807, 2.05) is 13.8 Å². The Labute approximate surface area is 236 Å². The molecule has 2 fully saturated rings. The summed E-state index contributed by atoms with van der Waals surface area (Å²) >= 11 is 0. The molecule has 2 aliphatic rings. The Balaban J connectivity index is 1.35. The standard InChI is InChI=1S/C28H30N4O8S/c1-16(2)11-20(30-26(34)24-13-18-12-19(39-3)6-7-23(18)40-24)27(35)31-10-8-21-25(31)22(33)15-32(21)41(37,38)28(36)17-5-4-9-29-14-17/h4-7,9,12-14,16,20-21,25H,8,10-11,15H2,1-3H3,(H,30,34). The Morgan fingerprint density at radius 2 is 1.98 bits per heavy atom. The molecule has 0 saturated carbocycles. The number of aromatic nitrogens is 1. The van der Waals surface area contributed by atoms with Gasteiger partial charge in [0.25, 0.3) is 21.0 Å². The molecule has 0 radical (unpaired) electrons. The van der Waals surface area contributed by atoms with Crippen molar-refractivity contribution in [2.24, 2.45) is 5.92 Å². The number of carbonyl (C=O) groups excluding carboxylic acids is 4. The Hall–Kier alpha value is -4.10. The van der Waals surface area contributed by atoms with Crippen LogP contribution in [0.4, 0.5) is 0 Å². The fourth-order valence-electron chi connectivity index (χ4n) is 5.46. The van der Waals surface area contributed by atoms with Gasteiger partial charge in [0.15, 0.2) is 11.5 Å². The van der Waals surface area contributed by atoms with E-state index >= 15 is 0 Å². The summed E-state index contributed by atoms with van der Waals surface area (Å²) in [7, 11) is -3.01. The summed E-state index contributed by atoms with van der Waals surface area (Å²) in [4.78, 5) is 58.0. The first-order chi connectivity index (χ1) is 19.5. The fourth-order valence-corrected chi connectivity index (χ4v) is 6.97. The van der Waals surface area contributed by atoms with E-state index in [4.69, 9.17) is 9.15 Å². The van der Waals surface area contributed by atoms with Crippen LogP contribution in [0, 0.1) is 5.92 Å². The summed E-state index contributed by atoms with van der Waals surface area (Å²) in [6.07, 6.45) is 3.02. The highest BCUT2D eigenvalue weighted by molar-refractivity contribution is 8.04. The quantitative estimate of drug-likeness (QED) is 0.420. The average molecular weight is 583 g/mol. The molecule has 12 nitrogen and oxygen atoms in total. The summed E-state index contributed by atoms with van der Waals surface area (Å²) < 4.78 is 38.2. The lowest BCUT2D eigenvalue weighted by molar-refractivity contribution is -0.138. The summed E-state index contributed by atoms with van der Waals surface area (Å²) in [5, 5.41) is 2.25. The number of amides is 2. The van der Waals surface area contributed by atoms with Gasteiger partial charge >= 0.3 is 0 Å². The topological polar surface area (TPSA) is 156 Å². The van der Waals surface area contributed by atoms with Gasteiger partial charge in [0.1, 0.15) is 23.4 Å². The van der Waals surface area contributed by atoms with Gasteiger partial charge in [-0.25, -0.2) is 8.42 Å². The Kier molecular flexibility index (Phi) is 7.66. The molecule has 41 heavy (non-hydrogen) atoms. The number of Topliss-reactive ketones (excluding diaryl/α,β-unsaturated/α-hetero) is 1. The SMILES string of the molecule is COc1ccc2oc(C(=O)NC(CC(C)C)C(=O)N3CCC4C3C(=O)CN4S(=O)(=O)C(=O)c3cccnc3)cc2c1. The van der Waals surface area contributed by atoms with Crippen LogP contribution in [0.15, 0.2) is 53.2 Å². The van der Waals surface area contributed by atoms with E-state index in [-0.39, 0.29) is 36.6 Å². The maximum Gasteiger partial charge on any atom is 0.293 e. The number of likely N-dealkylation sites (tertiary alicyclic amines) is 1. The van der Waals surface area contributed by atoms with Crippen molar-refractivity contribution >= 4 is 43.7 Å². The number of hydrogen-bond acceptors (Lipinski definition) is 9. The van der Waals surface area contributed by atoms with Crippen LogP contribution in [0.3, 0.4) is 0 Å². The zero-order valence-electron chi connectivity index (χ0n) is 22.8. The number of fused-ring (bicyclic) bond motifs is 2. The lowest BCUT2D eigenvalue weighted by Gasteiger charge is -2.28. The highest BCUT2D eigenvalue weighted by Crippen LogP contribution is 2.33. The number of rotatable bonds is 8. The number of nitrogens with one attached hydrogen (secondary N) is 1. The molecule has 1 aromatic carbocycles. The Morgan fingerprint density at radius 3 is 2.66 bits per heavy atom. The maximum atomic E-state index is 13.8. The van der Waals surface area contributed by atoms with E-state index in [1.165, 1.54) is 30.3 Å². The minimum absolute atomic E-state index is 0.0100. The molecule has 0 spiro atoms. The Bertz CT molecular complexity index is 1620. The summed E-state index contributed by atoms with van der Waals surface area (Å²) in [5.41, 5.74) is 0.363. The van der Waals surface area contributed by atoms with Gasteiger partial charge in [0, 0.05) is 24.3 Å². The highest BCUT2D eigenvalue weighted by atomic mass is 32.2. The van der Waals surface area contributed by atoms with Gasteiger partial charge in [-0.3, -0.25) is 24.2 Å². The number of nitrogens with zero attached hydrogens (tertiary/aromatic N) is 3. The third-order valence-electron chi connectivity index (χ3n) is 7.36. The molecule has 2 aromatic heterocycles. The van der Waals surface area contributed by atoms with Crippen molar-refractivity contribution in [2.45, 2.75) is 44.8 Å². The molecule has 2 amide bonds. The molecule has 2 aliphatic heterocycles. The molecule has 3 unspecified atom stereocenters. The van der Waals surface area contributed by atoms with Gasteiger partial charge in [0.2, 0.25) is 5.91 Å². The molecular formula is C28H30N4O8S. The van der Waals surface area contributed by atoms with Crippen molar-refractivity contribution in [1.82, 2.24) is 19.5 Å². The van der Waals surface area contributed by atoms with Crippen LogP contribution >= 0.6 is 0 Å². The van der Waals surface area contributed by atoms with E-state index in [2.05, 4.69) is 10.3 Å². The molecule has 2 saturated heterocycles. The molecule has 216 valence electrons. The molecule has 0 aliphatic carbocycles. The second kappa shape index (κ2) is 11.1. The number of ether oxygens (including phenoxy) is 1. The lowest BCUT2D eigenvalue weighted by atomic mass is 10.0. The largest absolute Gasteiger partial charge is 0.497 e. The smallest absolute Gasteiger partial charge is 0.293 e. The van der Waals surface area contributed by atoms with E-state index in [0.717, 1.165) is 10.5 Å². The molecule has 13 heteroatoms. The number of sulfonamides is 1. The van der Waals surface area contributed by atoms with Crippen LogP contribution in [0.25, 0.3) is 11.0 Å². The van der Waals surface area contributed by atoms with Gasteiger partial charge in [-0.05, 0) is 55.2 Å². The van der Waals surface area contributed by atoms with E-state index in [9.17, 15) is 27.6 Å². The molecule has 0 bridgehead atoms. The number of benzene rings is 1. The number of furan rings is 1. The first kappa shape index (κ1) is 28.4. The molecule has 3 atom stereocenters. The zero-order chi connectivity index (χ0) is 29.5. The van der Waals surface area contributed by atoms with E-state index < -0.39 is 57.4 Å². The van der Waals surface area contributed by atoms with E-state index in [0.29, 0.717) is 16.7 Å². The number of carbonyl (C=O) groups is 4. The first-order valence-corrected chi connectivity index (χ1v) is 14.6. The predicted molar refractivity (Wildman–Crippen MR) is 147 cm³/mol. The van der Waals surface area contributed by atoms with Crippen LogP contribution < -0.4 is 10.1 Å². The van der Waals surface area contributed by atoms with Crippen LogP contribution in [0.2, 0.25) is 0 Å². The fraction of sp³-hybridized carbons (Fsp3) is 0.393. The summed E-state index contributed by atoms with van der Waals surface area (Å²) in [6, 6.07) is 6.53. The van der Waals surface area contributed by atoms with E-state index in [1.54, 1.807) is 24.3 Å². The minimum Gasteiger partial charge on any atom is -0.497 e. The first-order valence-electron chi connectivity index (χ1n) is 13.2. The number of pyridine rings is 1. The second-order valence-electron chi connectivity index (χ2n) is 10.5.